The molecule has 0 spiro atoms. The molecular formula is C6H12FO5P. The van der Waals surface area contributed by atoms with E-state index in [9.17, 15) is 8.96 Å². The number of halogens is 1. The molecule has 0 aromatic carbocycles. The quantitative estimate of drug-likeness (QED) is 0.484. The van der Waals surface area contributed by atoms with Crippen LogP contribution in [0.1, 0.15) is 6.92 Å². The van der Waals surface area contributed by atoms with Crippen molar-refractivity contribution in [3.63, 3.8) is 0 Å². The molecule has 0 amide bonds. The largest absolute Gasteiger partial charge is 0.393 e. The molecule has 0 aromatic heterocycles. The van der Waals surface area contributed by atoms with Gasteiger partial charge in [0, 0.05) is 5.82 Å². The molecule has 0 heterocycles. The van der Waals surface area contributed by atoms with Crippen molar-refractivity contribution in [2.45, 2.75) is 18.7 Å². The van der Waals surface area contributed by atoms with Crippen LogP contribution in [0.5, 0.6) is 0 Å². The number of aliphatic hydroxyl groups excluding tert-OH is 2. The molecule has 0 bridgehead atoms. The maximum absolute atomic E-state index is 13.0. The predicted octanol–water partition coefficient (Wildman–Crippen LogP) is -0.241. The Morgan fingerprint density at radius 1 is 1.62 bits per heavy atom. The van der Waals surface area contributed by atoms with Gasteiger partial charge in [0.1, 0.15) is 6.10 Å². The molecule has 78 valence electrons. The molecule has 4 N–H and O–H groups in total. The molecule has 0 aliphatic carbocycles. The lowest BCUT2D eigenvalue weighted by Gasteiger charge is -2.21. The summed E-state index contributed by atoms with van der Waals surface area (Å²) in [4.78, 5) is 16.7. The first-order valence-corrected chi connectivity index (χ1v) is 5.09. The average molecular weight is 214 g/mol. The van der Waals surface area contributed by atoms with Crippen molar-refractivity contribution in [3.8, 4) is 0 Å². The zero-order valence-corrected chi connectivity index (χ0v) is 7.86. The standard InChI is InChI=1S/C6H12FO5P/c1-6(7,4-8)5(9)2-3-13(10,11)12/h2-3,5,8-9H,4H2,1H3,(H2,10,11,12). The molecule has 0 aliphatic heterocycles. The fraction of sp³-hybridized carbons (Fsp3) is 0.667. The van der Waals surface area contributed by atoms with E-state index in [1.165, 1.54) is 0 Å². The highest BCUT2D eigenvalue weighted by Gasteiger charge is 2.30. The Labute approximate surface area is 74.7 Å². The van der Waals surface area contributed by atoms with Crippen molar-refractivity contribution in [2.24, 2.45) is 0 Å². The van der Waals surface area contributed by atoms with Crippen molar-refractivity contribution in [1.82, 2.24) is 0 Å². The monoisotopic (exact) mass is 214 g/mol. The van der Waals surface area contributed by atoms with Crippen LogP contribution in [0.2, 0.25) is 0 Å². The lowest BCUT2D eigenvalue weighted by molar-refractivity contribution is -0.00790. The second-order valence-electron chi connectivity index (χ2n) is 2.81. The highest BCUT2D eigenvalue weighted by Crippen LogP contribution is 2.36. The van der Waals surface area contributed by atoms with Crippen LogP contribution < -0.4 is 0 Å². The zero-order chi connectivity index (χ0) is 10.7. The lowest BCUT2D eigenvalue weighted by atomic mass is 10.0. The third-order valence-corrected chi connectivity index (χ3v) is 1.95. The van der Waals surface area contributed by atoms with Gasteiger partial charge in [-0.25, -0.2) is 4.39 Å². The summed E-state index contributed by atoms with van der Waals surface area (Å²) in [5.41, 5.74) is -2.30. The van der Waals surface area contributed by atoms with Crippen LogP contribution in [-0.4, -0.2) is 38.4 Å². The third kappa shape index (κ3) is 5.13. The minimum absolute atomic E-state index is 0.394. The van der Waals surface area contributed by atoms with Gasteiger partial charge >= 0.3 is 7.60 Å². The Hall–Kier alpha value is -0.260. The van der Waals surface area contributed by atoms with Crippen LogP contribution in [0.3, 0.4) is 0 Å². The van der Waals surface area contributed by atoms with E-state index in [1.807, 2.05) is 0 Å². The molecule has 0 fully saturated rings. The summed E-state index contributed by atoms with van der Waals surface area (Å²) >= 11 is 0. The highest BCUT2D eigenvalue weighted by atomic mass is 31.2. The number of rotatable bonds is 4. The van der Waals surface area contributed by atoms with E-state index >= 15 is 0 Å². The van der Waals surface area contributed by atoms with E-state index in [2.05, 4.69) is 0 Å². The van der Waals surface area contributed by atoms with Gasteiger partial charge in [0.25, 0.3) is 0 Å². The zero-order valence-electron chi connectivity index (χ0n) is 6.96. The van der Waals surface area contributed by atoms with Gasteiger partial charge in [-0.1, -0.05) is 0 Å². The molecule has 5 nitrogen and oxygen atoms in total. The van der Waals surface area contributed by atoms with Crippen molar-refractivity contribution in [2.75, 3.05) is 6.61 Å². The third-order valence-electron chi connectivity index (χ3n) is 1.39. The molecule has 0 rings (SSSR count). The van der Waals surface area contributed by atoms with E-state index in [-0.39, 0.29) is 0 Å². The van der Waals surface area contributed by atoms with Gasteiger partial charge in [-0.15, -0.1) is 0 Å². The van der Waals surface area contributed by atoms with E-state index in [0.717, 1.165) is 6.92 Å². The maximum Gasteiger partial charge on any atom is 0.348 e. The maximum atomic E-state index is 13.0. The van der Waals surface area contributed by atoms with Crippen LogP contribution in [0.25, 0.3) is 0 Å². The van der Waals surface area contributed by atoms with Gasteiger partial charge in [0.05, 0.1) is 6.61 Å². The Morgan fingerprint density at radius 2 is 2.08 bits per heavy atom. The van der Waals surface area contributed by atoms with Gasteiger partial charge < -0.3 is 20.0 Å². The first-order chi connectivity index (χ1) is 5.69. The van der Waals surface area contributed by atoms with Crippen molar-refractivity contribution >= 4 is 7.60 Å². The van der Waals surface area contributed by atoms with Crippen LogP contribution in [-0.2, 0) is 4.57 Å². The van der Waals surface area contributed by atoms with Gasteiger partial charge in [0.15, 0.2) is 5.67 Å². The summed E-state index contributed by atoms with van der Waals surface area (Å²) in [6, 6.07) is 0. The molecule has 0 saturated heterocycles. The van der Waals surface area contributed by atoms with Crippen molar-refractivity contribution < 1.29 is 29.0 Å². The minimum Gasteiger partial charge on any atom is -0.393 e. The molecule has 0 radical (unpaired) electrons. The summed E-state index contributed by atoms with van der Waals surface area (Å²) in [6.07, 6.45) is -1.12. The average Bonchev–Trinajstić information content (AvgIpc) is 1.98. The number of alkyl halides is 1. The summed E-state index contributed by atoms with van der Waals surface area (Å²) in [7, 11) is -4.39. The second kappa shape index (κ2) is 4.30. The molecule has 0 saturated carbocycles. The van der Waals surface area contributed by atoms with Gasteiger partial charge in [-0.3, -0.25) is 4.57 Å². The van der Waals surface area contributed by atoms with Crippen LogP contribution >= 0.6 is 7.60 Å². The van der Waals surface area contributed by atoms with Crippen molar-refractivity contribution in [1.29, 1.82) is 0 Å². The summed E-state index contributed by atoms with van der Waals surface area (Å²) < 4.78 is 23.2. The summed E-state index contributed by atoms with van der Waals surface area (Å²) in [5.74, 6) is 0.394. The second-order valence-corrected chi connectivity index (χ2v) is 4.29. The fourth-order valence-electron chi connectivity index (χ4n) is 0.488. The SMILES string of the molecule is CC(F)(CO)C(O)C=CP(=O)(O)O. The number of hydrogen-bond acceptors (Lipinski definition) is 3. The van der Waals surface area contributed by atoms with Crippen LogP contribution in [0, 0.1) is 0 Å². The molecule has 2 unspecified atom stereocenters. The van der Waals surface area contributed by atoms with Gasteiger partial charge in [0.2, 0.25) is 0 Å². The van der Waals surface area contributed by atoms with E-state index in [1.54, 1.807) is 0 Å². The Bertz CT molecular complexity index is 233. The smallest absolute Gasteiger partial charge is 0.348 e. The van der Waals surface area contributed by atoms with Gasteiger partial charge in [-0.2, -0.15) is 0 Å². The Morgan fingerprint density at radius 3 is 2.38 bits per heavy atom. The minimum atomic E-state index is -4.39. The summed E-state index contributed by atoms with van der Waals surface area (Å²) in [5, 5.41) is 17.4. The van der Waals surface area contributed by atoms with Crippen LogP contribution in [0.4, 0.5) is 4.39 Å². The molecule has 7 heteroatoms. The molecule has 13 heavy (non-hydrogen) atoms. The predicted molar refractivity (Wildman–Crippen MR) is 43.8 cm³/mol. The van der Waals surface area contributed by atoms with Crippen molar-refractivity contribution in [3.05, 3.63) is 11.9 Å². The number of aliphatic hydroxyl groups is 2. The molecule has 2 atom stereocenters. The lowest BCUT2D eigenvalue weighted by Crippen LogP contribution is -2.36. The van der Waals surface area contributed by atoms with Gasteiger partial charge in [-0.05, 0) is 13.0 Å². The fourth-order valence-corrected chi connectivity index (χ4v) is 0.875. The summed E-state index contributed by atoms with van der Waals surface area (Å²) in [6.45, 7) is -0.0126. The normalized spacial score (nSPS) is 20.2. The first-order valence-electron chi connectivity index (χ1n) is 3.41. The van der Waals surface area contributed by atoms with Crippen LogP contribution in [0.15, 0.2) is 11.9 Å². The molecular weight excluding hydrogens is 202 g/mol. The first kappa shape index (κ1) is 12.7. The topological polar surface area (TPSA) is 98.0 Å². The van der Waals surface area contributed by atoms with E-state index in [0.29, 0.717) is 11.9 Å². The highest BCUT2D eigenvalue weighted by molar-refractivity contribution is 7.55. The molecule has 0 aliphatic rings. The molecule has 0 aromatic rings. The number of hydrogen-bond donors (Lipinski definition) is 4. The Balaban J connectivity index is 4.40. The van der Waals surface area contributed by atoms with E-state index in [4.69, 9.17) is 20.0 Å². The Kier molecular flexibility index (Phi) is 4.22. The van der Waals surface area contributed by atoms with E-state index < -0.39 is 26.0 Å².